The highest BCUT2D eigenvalue weighted by Crippen LogP contribution is 2.22. The molecule has 0 radical (unpaired) electrons. The highest BCUT2D eigenvalue weighted by atomic mass is 32.2. The Morgan fingerprint density at radius 1 is 1.33 bits per heavy atom. The maximum absolute atomic E-state index is 10.7. The van der Waals surface area contributed by atoms with Gasteiger partial charge in [0.05, 0.1) is 23.0 Å². The fourth-order valence-electron chi connectivity index (χ4n) is 1.47. The Balaban J connectivity index is 2.30. The molecule has 18 heavy (non-hydrogen) atoms. The van der Waals surface area contributed by atoms with Gasteiger partial charge >= 0.3 is 0 Å². The molecule has 0 N–H and O–H groups in total. The van der Waals surface area contributed by atoms with E-state index in [-0.39, 0.29) is 5.69 Å². The van der Waals surface area contributed by atoms with Gasteiger partial charge in [-0.15, -0.1) is 11.8 Å². The predicted octanol–water partition coefficient (Wildman–Crippen LogP) is 3.16. The lowest BCUT2D eigenvalue weighted by Gasteiger charge is -2.01. The van der Waals surface area contributed by atoms with E-state index in [0.29, 0.717) is 11.3 Å². The Labute approximate surface area is 108 Å². The van der Waals surface area contributed by atoms with E-state index in [1.54, 1.807) is 36.3 Å². The summed E-state index contributed by atoms with van der Waals surface area (Å²) in [6.45, 7) is 2.04. The second-order valence-electron chi connectivity index (χ2n) is 3.48. The van der Waals surface area contributed by atoms with Gasteiger partial charge in [-0.1, -0.05) is 19.1 Å². The number of nitro benzene ring substituents is 1. The van der Waals surface area contributed by atoms with Crippen molar-refractivity contribution in [3.63, 3.8) is 0 Å². The Hall–Kier alpha value is -1.95. The van der Waals surface area contributed by atoms with Gasteiger partial charge in [-0.2, -0.15) is 0 Å². The molecule has 1 aromatic heterocycles. The summed E-state index contributed by atoms with van der Waals surface area (Å²) < 4.78 is 0. The molecule has 0 bridgehead atoms. The standard InChI is InChI=1S/C12H11N3O2S/c1-2-18-12-8-13-11(7-14-12)9-4-3-5-10(6-9)15(16)17/h3-8H,2H2,1H3. The van der Waals surface area contributed by atoms with Gasteiger partial charge in [0.15, 0.2) is 0 Å². The molecular weight excluding hydrogens is 250 g/mol. The molecule has 2 aromatic rings. The summed E-state index contributed by atoms with van der Waals surface area (Å²) >= 11 is 1.61. The van der Waals surface area contributed by atoms with E-state index in [4.69, 9.17) is 0 Å². The normalized spacial score (nSPS) is 10.3. The molecule has 6 heteroatoms. The van der Waals surface area contributed by atoms with E-state index in [9.17, 15) is 10.1 Å². The van der Waals surface area contributed by atoms with Crippen molar-refractivity contribution in [2.45, 2.75) is 11.9 Å². The van der Waals surface area contributed by atoms with Crippen LogP contribution in [0.4, 0.5) is 5.69 Å². The minimum absolute atomic E-state index is 0.0568. The van der Waals surface area contributed by atoms with Gasteiger partial charge in [0, 0.05) is 17.7 Å². The van der Waals surface area contributed by atoms with Crippen LogP contribution in [0.1, 0.15) is 6.92 Å². The minimum atomic E-state index is -0.418. The third kappa shape index (κ3) is 2.84. The first-order valence-electron chi connectivity index (χ1n) is 5.40. The summed E-state index contributed by atoms with van der Waals surface area (Å²) in [6, 6.07) is 6.38. The molecule has 1 aromatic carbocycles. The first-order chi connectivity index (χ1) is 8.70. The smallest absolute Gasteiger partial charge is 0.258 e. The highest BCUT2D eigenvalue weighted by molar-refractivity contribution is 7.99. The molecule has 0 aliphatic carbocycles. The number of thioether (sulfide) groups is 1. The van der Waals surface area contributed by atoms with Gasteiger partial charge in [0.2, 0.25) is 0 Å². The molecule has 0 aliphatic rings. The van der Waals surface area contributed by atoms with Gasteiger partial charge in [0.25, 0.3) is 5.69 Å². The summed E-state index contributed by atoms with van der Waals surface area (Å²) in [4.78, 5) is 18.8. The van der Waals surface area contributed by atoms with E-state index in [2.05, 4.69) is 9.97 Å². The van der Waals surface area contributed by atoms with Gasteiger partial charge in [-0.3, -0.25) is 15.1 Å². The van der Waals surface area contributed by atoms with Crippen LogP contribution >= 0.6 is 11.8 Å². The fraction of sp³-hybridized carbons (Fsp3) is 0.167. The quantitative estimate of drug-likeness (QED) is 0.480. The molecule has 92 valence electrons. The van der Waals surface area contributed by atoms with Crippen LogP contribution in [-0.4, -0.2) is 20.6 Å². The van der Waals surface area contributed by atoms with Gasteiger partial charge < -0.3 is 0 Å². The second kappa shape index (κ2) is 5.59. The molecule has 0 saturated carbocycles. The first kappa shape index (κ1) is 12.5. The van der Waals surface area contributed by atoms with Crippen molar-refractivity contribution in [1.82, 2.24) is 9.97 Å². The number of hydrogen-bond acceptors (Lipinski definition) is 5. The zero-order valence-electron chi connectivity index (χ0n) is 9.74. The van der Waals surface area contributed by atoms with Crippen LogP contribution in [-0.2, 0) is 0 Å². The number of nitrogens with zero attached hydrogens (tertiary/aromatic N) is 3. The topological polar surface area (TPSA) is 68.9 Å². The molecule has 0 unspecified atom stereocenters. The average molecular weight is 261 g/mol. The summed E-state index contributed by atoms with van der Waals surface area (Å²) in [6.07, 6.45) is 3.32. The minimum Gasteiger partial charge on any atom is -0.258 e. The van der Waals surface area contributed by atoms with Crippen molar-refractivity contribution < 1.29 is 4.92 Å². The van der Waals surface area contributed by atoms with Crippen molar-refractivity contribution in [2.75, 3.05) is 5.75 Å². The lowest BCUT2D eigenvalue weighted by Crippen LogP contribution is -1.91. The molecule has 2 rings (SSSR count). The summed E-state index contributed by atoms with van der Waals surface area (Å²) in [5, 5.41) is 11.5. The summed E-state index contributed by atoms with van der Waals surface area (Å²) in [5.41, 5.74) is 1.39. The molecule has 0 atom stereocenters. The molecule has 0 saturated heterocycles. The molecular formula is C12H11N3O2S. The molecule has 0 fully saturated rings. The van der Waals surface area contributed by atoms with Crippen LogP contribution < -0.4 is 0 Å². The third-order valence-corrected chi connectivity index (χ3v) is 3.07. The summed E-state index contributed by atoms with van der Waals surface area (Å²) in [5.74, 6) is 0.935. The van der Waals surface area contributed by atoms with E-state index in [0.717, 1.165) is 10.8 Å². The molecule has 1 heterocycles. The van der Waals surface area contributed by atoms with Crippen molar-refractivity contribution in [1.29, 1.82) is 0 Å². The second-order valence-corrected chi connectivity index (χ2v) is 4.76. The zero-order valence-corrected chi connectivity index (χ0v) is 10.6. The maximum Gasteiger partial charge on any atom is 0.270 e. The Morgan fingerprint density at radius 3 is 2.78 bits per heavy atom. The van der Waals surface area contributed by atoms with E-state index in [1.165, 1.54) is 12.1 Å². The highest BCUT2D eigenvalue weighted by Gasteiger charge is 2.08. The number of non-ortho nitro benzene ring substituents is 1. The van der Waals surface area contributed by atoms with E-state index >= 15 is 0 Å². The fourth-order valence-corrected chi connectivity index (χ4v) is 2.02. The van der Waals surface area contributed by atoms with Crippen LogP contribution in [0.5, 0.6) is 0 Å². The number of nitro groups is 1. The Morgan fingerprint density at radius 2 is 2.17 bits per heavy atom. The van der Waals surface area contributed by atoms with E-state index in [1.807, 2.05) is 6.92 Å². The number of hydrogen-bond donors (Lipinski definition) is 0. The van der Waals surface area contributed by atoms with Gasteiger partial charge in [-0.25, -0.2) is 4.98 Å². The van der Waals surface area contributed by atoms with Crippen molar-refractivity contribution in [3.8, 4) is 11.3 Å². The molecule has 5 nitrogen and oxygen atoms in total. The van der Waals surface area contributed by atoms with Crippen LogP contribution in [0, 0.1) is 10.1 Å². The Bertz CT molecular complexity index is 558. The van der Waals surface area contributed by atoms with Crippen LogP contribution in [0.2, 0.25) is 0 Å². The Kier molecular flexibility index (Phi) is 3.88. The van der Waals surface area contributed by atoms with E-state index < -0.39 is 4.92 Å². The lowest BCUT2D eigenvalue weighted by molar-refractivity contribution is -0.384. The summed E-state index contributed by atoms with van der Waals surface area (Å²) in [7, 11) is 0. The largest absolute Gasteiger partial charge is 0.270 e. The number of rotatable bonds is 4. The van der Waals surface area contributed by atoms with Crippen molar-refractivity contribution in [2.24, 2.45) is 0 Å². The zero-order chi connectivity index (χ0) is 13.0. The predicted molar refractivity (Wildman–Crippen MR) is 70.5 cm³/mol. The van der Waals surface area contributed by atoms with Crippen LogP contribution in [0.15, 0.2) is 41.7 Å². The van der Waals surface area contributed by atoms with Gasteiger partial charge in [0.1, 0.15) is 5.03 Å². The molecule has 0 amide bonds. The van der Waals surface area contributed by atoms with Gasteiger partial charge in [-0.05, 0) is 5.75 Å². The van der Waals surface area contributed by atoms with Crippen molar-refractivity contribution in [3.05, 3.63) is 46.8 Å². The molecule has 0 aliphatic heterocycles. The first-order valence-corrected chi connectivity index (χ1v) is 6.39. The third-order valence-electron chi connectivity index (χ3n) is 2.27. The number of aromatic nitrogens is 2. The van der Waals surface area contributed by atoms with Crippen LogP contribution in [0.3, 0.4) is 0 Å². The lowest BCUT2D eigenvalue weighted by atomic mass is 10.1. The number of benzene rings is 1. The van der Waals surface area contributed by atoms with Crippen LogP contribution in [0.25, 0.3) is 11.3 Å². The maximum atomic E-state index is 10.7. The monoisotopic (exact) mass is 261 g/mol. The average Bonchev–Trinajstić information content (AvgIpc) is 2.40. The SMILES string of the molecule is CCSc1cnc(-c2cccc([N+](=O)[O-])c2)cn1. The van der Waals surface area contributed by atoms with Crippen molar-refractivity contribution >= 4 is 17.4 Å². The molecule has 0 spiro atoms.